The van der Waals surface area contributed by atoms with E-state index >= 15 is 0 Å². The van der Waals surface area contributed by atoms with Crippen LogP contribution < -0.4 is 5.32 Å². The maximum atomic E-state index is 11.2. The third kappa shape index (κ3) is 3.14. The minimum absolute atomic E-state index is 0.250. The quantitative estimate of drug-likeness (QED) is 0.618. The fourth-order valence-corrected chi connectivity index (χ4v) is 1.75. The molecule has 0 fully saturated rings. The highest BCUT2D eigenvalue weighted by Gasteiger charge is 2.19. The number of hydrogen-bond acceptors (Lipinski definition) is 5. The molecule has 0 aromatic heterocycles. The second-order valence-corrected chi connectivity index (χ2v) is 5.15. The largest absolute Gasteiger partial charge is 0.465 e. The third-order valence-corrected chi connectivity index (χ3v) is 2.95. The van der Waals surface area contributed by atoms with Crippen molar-refractivity contribution in [2.45, 2.75) is 4.90 Å². The Morgan fingerprint density at radius 3 is 2.47 bits per heavy atom. The molecule has 0 saturated heterocycles. The number of nitro benzene ring substituents is 1. The molecule has 0 radical (unpaired) electrons. The van der Waals surface area contributed by atoms with Gasteiger partial charge in [-0.3, -0.25) is 15.4 Å². The van der Waals surface area contributed by atoms with E-state index in [1.165, 1.54) is 0 Å². The molecule has 1 rings (SSSR count). The number of rotatable bonds is 3. The molecule has 9 heteroatoms. The summed E-state index contributed by atoms with van der Waals surface area (Å²) in [5.41, 5.74) is -0.898. The van der Waals surface area contributed by atoms with E-state index in [-0.39, 0.29) is 10.6 Å². The lowest BCUT2D eigenvalue weighted by Crippen LogP contribution is -2.10. The molecular weight excluding hydrogens is 252 g/mol. The Morgan fingerprint density at radius 1 is 1.47 bits per heavy atom. The SMILES string of the molecule is CS(=O)(=O)c1ccc(NC(=O)O)c([N+](=O)[O-])c1. The zero-order valence-electron chi connectivity index (χ0n) is 8.58. The van der Waals surface area contributed by atoms with Crippen molar-refractivity contribution in [3.8, 4) is 0 Å². The molecule has 0 aliphatic rings. The van der Waals surface area contributed by atoms with Crippen molar-refractivity contribution >= 4 is 27.3 Å². The van der Waals surface area contributed by atoms with Crippen LogP contribution in [-0.2, 0) is 9.84 Å². The molecule has 0 aliphatic carbocycles. The second-order valence-electron chi connectivity index (χ2n) is 3.14. The molecule has 1 amide bonds. The number of amides is 1. The summed E-state index contributed by atoms with van der Waals surface area (Å²) in [5, 5.41) is 20.9. The van der Waals surface area contributed by atoms with Crippen LogP contribution in [0.1, 0.15) is 0 Å². The highest BCUT2D eigenvalue weighted by atomic mass is 32.2. The minimum atomic E-state index is -3.58. The number of sulfone groups is 1. The Morgan fingerprint density at radius 2 is 2.06 bits per heavy atom. The predicted molar refractivity (Wildman–Crippen MR) is 57.9 cm³/mol. The van der Waals surface area contributed by atoms with E-state index in [1.54, 1.807) is 0 Å². The molecule has 17 heavy (non-hydrogen) atoms. The zero-order valence-corrected chi connectivity index (χ0v) is 9.39. The van der Waals surface area contributed by atoms with Crippen molar-refractivity contribution in [3.63, 3.8) is 0 Å². The fraction of sp³-hybridized carbons (Fsp3) is 0.125. The normalized spacial score (nSPS) is 10.9. The van der Waals surface area contributed by atoms with Gasteiger partial charge in [-0.1, -0.05) is 0 Å². The molecule has 1 aromatic carbocycles. The van der Waals surface area contributed by atoms with Gasteiger partial charge in [-0.2, -0.15) is 0 Å². The number of hydrogen-bond donors (Lipinski definition) is 2. The summed E-state index contributed by atoms with van der Waals surface area (Å²) in [7, 11) is -3.58. The summed E-state index contributed by atoms with van der Waals surface area (Å²) >= 11 is 0. The highest BCUT2D eigenvalue weighted by Crippen LogP contribution is 2.27. The van der Waals surface area contributed by atoms with Gasteiger partial charge in [0.1, 0.15) is 5.69 Å². The average molecular weight is 260 g/mol. The van der Waals surface area contributed by atoms with Crippen LogP contribution in [-0.4, -0.2) is 30.8 Å². The van der Waals surface area contributed by atoms with Gasteiger partial charge < -0.3 is 5.11 Å². The van der Waals surface area contributed by atoms with E-state index < -0.39 is 26.5 Å². The van der Waals surface area contributed by atoms with Crippen LogP contribution in [0.2, 0.25) is 0 Å². The summed E-state index contributed by atoms with van der Waals surface area (Å²) in [5.74, 6) is 0. The Kier molecular flexibility index (Phi) is 3.32. The number of anilines is 1. The standard InChI is InChI=1S/C8H8N2O6S/c1-17(15,16)5-2-3-6(9-8(11)12)7(4-5)10(13)14/h2-4,9H,1H3,(H,11,12). The monoisotopic (exact) mass is 260 g/mol. The summed E-state index contributed by atoms with van der Waals surface area (Å²) in [6, 6.07) is 2.93. The first-order chi connectivity index (χ1) is 7.71. The third-order valence-electron chi connectivity index (χ3n) is 1.84. The van der Waals surface area contributed by atoms with E-state index in [0.717, 1.165) is 24.5 Å². The van der Waals surface area contributed by atoms with Gasteiger partial charge >= 0.3 is 6.09 Å². The van der Waals surface area contributed by atoms with Crippen LogP contribution in [0, 0.1) is 10.1 Å². The van der Waals surface area contributed by atoms with Gasteiger partial charge in [0.15, 0.2) is 9.84 Å². The van der Waals surface area contributed by atoms with E-state index in [4.69, 9.17) is 5.11 Å². The molecule has 0 aliphatic heterocycles. The second kappa shape index (κ2) is 4.37. The first-order valence-corrected chi connectivity index (χ1v) is 6.09. The van der Waals surface area contributed by atoms with Gasteiger partial charge in [-0.05, 0) is 12.1 Å². The minimum Gasteiger partial charge on any atom is -0.465 e. The van der Waals surface area contributed by atoms with Crippen LogP contribution in [0.15, 0.2) is 23.1 Å². The number of nitrogens with zero attached hydrogens (tertiary/aromatic N) is 1. The summed E-state index contributed by atoms with van der Waals surface area (Å²) < 4.78 is 22.4. The van der Waals surface area contributed by atoms with Crippen LogP contribution in [0.3, 0.4) is 0 Å². The smallest absolute Gasteiger partial charge is 0.409 e. The first kappa shape index (κ1) is 12.9. The van der Waals surface area contributed by atoms with E-state index in [9.17, 15) is 23.3 Å². The lowest BCUT2D eigenvalue weighted by atomic mass is 10.2. The van der Waals surface area contributed by atoms with Crippen molar-refractivity contribution in [3.05, 3.63) is 28.3 Å². The van der Waals surface area contributed by atoms with E-state index in [2.05, 4.69) is 0 Å². The summed E-state index contributed by atoms with van der Waals surface area (Å²) in [4.78, 5) is 19.9. The van der Waals surface area contributed by atoms with Gasteiger partial charge in [0, 0.05) is 12.3 Å². The molecule has 0 unspecified atom stereocenters. The Balaban J connectivity index is 3.37. The van der Waals surface area contributed by atoms with Gasteiger partial charge in [0.2, 0.25) is 0 Å². The molecular formula is C8H8N2O6S. The lowest BCUT2D eigenvalue weighted by molar-refractivity contribution is -0.384. The lowest BCUT2D eigenvalue weighted by Gasteiger charge is -2.04. The van der Waals surface area contributed by atoms with Crippen LogP contribution in [0.25, 0.3) is 0 Å². The van der Waals surface area contributed by atoms with Crippen LogP contribution in [0.4, 0.5) is 16.2 Å². The molecule has 0 heterocycles. The molecule has 0 atom stereocenters. The summed E-state index contributed by atoms with van der Waals surface area (Å²) in [6.45, 7) is 0. The molecule has 0 spiro atoms. The maximum Gasteiger partial charge on any atom is 0.409 e. The predicted octanol–water partition coefficient (Wildman–Crippen LogP) is 1.09. The molecule has 2 N–H and O–H groups in total. The highest BCUT2D eigenvalue weighted by molar-refractivity contribution is 7.90. The molecule has 0 bridgehead atoms. The number of nitrogens with one attached hydrogen (secondary N) is 1. The topological polar surface area (TPSA) is 127 Å². The molecule has 92 valence electrons. The van der Waals surface area contributed by atoms with Gasteiger partial charge in [0.05, 0.1) is 9.82 Å². The van der Waals surface area contributed by atoms with Crippen molar-refractivity contribution in [1.82, 2.24) is 0 Å². The van der Waals surface area contributed by atoms with Crippen LogP contribution in [0.5, 0.6) is 0 Å². The van der Waals surface area contributed by atoms with Crippen molar-refractivity contribution in [2.75, 3.05) is 11.6 Å². The Bertz CT molecular complexity index is 580. The molecule has 1 aromatic rings. The average Bonchev–Trinajstić information content (AvgIpc) is 2.15. The van der Waals surface area contributed by atoms with Crippen molar-refractivity contribution in [1.29, 1.82) is 0 Å². The fourth-order valence-electron chi connectivity index (χ4n) is 1.11. The van der Waals surface area contributed by atoms with Gasteiger partial charge in [-0.15, -0.1) is 0 Å². The number of carbonyl (C=O) groups is 1. The Hall–Kier alpha value is -2.16. The maximum absolute atomic E-state index is 11.2. The summed E-state index contributed by atoms with van der Waals surface area (Å²) in [6.07, 6.45) is -0.573. The van der Waals surface area contributed by atoms with Crippen molar-refractivity contribution in [2.24, 2.45) is 0 Å². The number of nitro groups is 1. The molecule has 0 saturated carbocycles. The van der Waals surface area contributed by atoms with Gasteiger partial charge in [-0.25, -0.2) is 13.2 Å². The van der Waals surface area contributed by atoms with E-state index in [0.29, 0.717) is 0 Å². The molecule has 8 nitrogen and oxygen atoms in total. The van der Waals surface area contributed by atoms with E-state index in [1.807, 2.05) is 5.32 Å². The van der Waals surface area contributed by atoms with Crippen LogP contribution >= 0.6 is 0 Å². The number of benzene rings is 1. The van der Waals surface area contributed by atoms with Gasteiger partial charge in [0.25, 0.3) is 5.69 Å². The van der Waals surface area contributed by atoms with Crippen molar-refractivity contribution < 1.29 is 23.2 Å². The first-order valence-electron chi connectivity index (χ1n) is 4.20. The Labute approximate surface area is 95.9 Å². The zero-order chi connectivity index (χ0) is 13.2. The number of carboxylic acid groups (broad SMARTS) is 1.